The molecule has 4 rings (SSSR count). The van der Waals surface area contributed by atoms with Crippen molar-refractivity contribution in [1.29, 1.82) is 5.41 Å². The first-order valence-electron chi connectivity index (χ1n) is 11.8. The predicted octanol–water partition coefficient (Wildman–Crippen LogP) is 4.92. The second kappa shape index (κ2) is 12.2. The predicted molar refractivity (Wildman–Crippen MR) is 143 cm³/mol. The summed E-state index contributed by atoms with van der Waals surface area (Å²) >= 11 is 6.28. The number of nitrogens with one attached hydrogen (secondary N) is 2. The average molecular weight is 518 g/mol. The first-order chi connectivity index (χ1) is 17.9. The summed E-state index contributed by atoms with van der Waals surface area (Å²) in [6.07, 6.45) is 0.738. The van der Waals surface area contributed by atoms with Crippen molar-refractivity contribution >= 4 is 23.3 Å². The minimum Gasteiger partial charge on any atom is -0.488 e. The number of hydrogen-bond donors (Lipinski definition) is 3. The fourth-order valence-corrected chi connectivity index (χ4v) is 3.86. The van der Waals surface area contributed by atoms with Gasteiger partial charge in [-0.25, -0.2) is 4.68 Å². The van der Waals surface area contributed by atoms with E-state index in [1.807, 2.05) is 55.5 Å². The van der Waals surface area contributed by atoms with Crippen LogP contribution in [0.1, 0.15) is 29.8 Å². The quantitative estimate of drug-likeness (QED) is 0.193. The van der Waals surface area contributed by atoms with Crippen molar-refractivity contribution in [2.24, 2.45) is 5.73 Å². The highest BCUT2D eigenvalue weighted by Crippen LogP contribution is 2.32. The lowest BCUT2D eigenvalue weighted by Gasteiger charge is -2.17. The largest absolute Gasteiger partial charge is 0.488 e. The van der Waals surface area contributed by atoms with Gasteiger partial charge < -0.3 is 20.5 Å². The molecule has 9 heteroatoms. The van der Waals surface area contributed by atoms with Gasteiger partial charge in [-0.05, 0) is 42.3 Å². The van der Waals surface area contributed by atoms with E-state index in [1.165, 1.54) is 4.68 Å². The molecule has 4 N–H and O–H groups in total. The van der Waals surface area contributed by atoms with E-state index in [-0.39, 0.29) is 11.7 Å². The molecule has 190 valence electrons. The SMILES string of the molecule is CCOC(C(=O)NCc1ccc(C(=N)N)cc1)n1ccc(-c2cc(Cl)ccc2OCc2ccccc2)n1. The van der Waals surface area contributed by atoms with Crippen molar-refractivity contribution in [2.75, 3.05) is 6.61 Å². The zero-order chi connectivity index (χ0) is 26.2. The molecule has 1 atom stereocenters. The molecule has 37 heavy (non-hydrogen) atoms. The molecule has 0 spiro atoms. The van der Waals surface area contributed by atoms with Crippen molar-refractivity contribution in [3.63, 3.8) is 0 Å². The van der Waals surface area contributed by atoms with Crippen LogP contribution < -0.4 is 15.8 Å². The van der Waals surface area contributed by atoms with Crippen molar-refractivity contribution in [1.82, 2.24) is 15.1 Å². The summed E-state index contributed by atoms with van der Waals surface area (Å²) in [6, 6.07) is 24.1. The number of nitrogen functional groups attached to an aromatic ring is 1. The van der Waals surface area contributed by atoms with Gasteiger partial charge in [0.25, 0.3) is 5.91 Å². The maximum Gasteiger partial charge on any atom is 0.272 e. The van der Waals surface area contributed by atoms with Crippen molar-refractivity contribution < 1.29 is 14.3 Å². The third kappa shape index (κ3) is 6.75. The Kier molecular flexibility index (Phi) is 8.56. The number of carbonyl (C=O) groups is 1. The molecule has 1 unspecified atom stereocenters. The zero-order valence-corrected chi connectivity index (χ0v) is 21.1. The first-order valence-corrected chi connectivity index (χ1v) is 12.2. The third-order valence-electron chi connectivity index (χ3n) is 5.58. The van der Waals surface area contributed by atoms with Gasteiger partial charge in [0.1, 0.15) is 18.2 Å². The van der Waals surface area contributed by atoms with Crippen molar-refractivity contribution in [3.8, 4) is 17.0 Å². The Hall–Kier alpha value is -4.14. The molecule has 0 fully saturated rings. The minimum atomic E-state index is -0.955. The fraction of sp³-hybridized carbons (Fsp3) is 0.179. The highest BCUT2D eigenvalue weighted by molar-refractivity contribution is 6.31. The minimum absolute atomic E-state index is 0.00481. The molecule has 3 aromatic carbocycles. The van der Waals surface area contributed by atoms with Crippen LogP contribution in [0.2, 0.25) is 5.02 Å². The Balaban J connectivity index is 1.49. The van der Waals surface area contributed by atoms with Crippen molar-refractivity contribution in [3.05, 3.63) is 107 Å². The zero-order valence-electron chi connectivity index (χ0n) is 20.4. The van der Waals surface area contributed by atoms with Gasteiger partial charge in [0.05, 0.1) is 5.69 Å². The van der Waals surface area contributed by atoms with Gasteiger partial charge in [0.2, 0.25) is 6.23 Å². The molecule has 0 bridgehead atoms. The maximum absolute atomic E-state index is 13.0. The number of nitrogens with zero attached hydrogens (tertiary/aromatic N) is 2. The normalized spacial score (nSPS) is 11.6. The first kappa shape index (κ1) is 25.9. The molecule has 8 nitrogen and oxygen atoms in total. The van der Waals surface area contributed by atoms with Crippen LogP contribution in [0.25, 0.3) is 11.3 Å². The molecule has 1 aromatic heterocycles. The van der Waals surface area contributed by atoms with E-state index in [9.17, 15) is 4.79 Å². The van der Waals surface area contributed by atoms with E-state index in [4.69, 9.17) is 32.2 Å². The highest BCUT2D eigenvalue weighted by Gasteiger charge is 2.22. The number of halogens is 1. The van der Waals surface area contributed by atoms with E-state index in [0.29, 0.717) is 47.4 Å². The summed E-state index contributed by atoms with van der Waals surface area (Å²) in [5.41, 5.74) is 9.35. The number of ether oxygens (including phenoxy) is 2. The number of aromatic nitrogens is 2. The van der Waals surface area contributed by atoms with Crippen LogP contribution in [-0.4, -0.2) is 28.1 Å². The summed E-state index contributed by atoms with van der Waals surface area (Å²) in [7, 11) is 0. The van der Waals surface area contributed by atoms with Gasteiger partial charge in [-0.15, -0.1) is 0 Å². The second-order valence-corrected chi connectivity index (χ2v) is 8.67. The number of benzene rings is 3. The Morgan fingerprint density at radius 3 is 2.54 bits per heavy atom. The third-order valence-corrected chi connectivity index (χ3v) is 5.82. The number of nitrogens with two attached hydrogens (primary N) is 1. The molecular formula is C28H28ClN5O3. The van der Waals surface area contributed by atoms with Crippen LogP contribution >= 0.6 is 11.6 Å². The molecule has 4 aromatic rings. The van der Waals surface area contributed by atoms with Crippen LogP contribution in [0.5, 0.6) is 5.75 Å². The molecule has 0 aliphatic carbocycles. The highest BCUT2D eigenvalue weighted by atomic mass is 35.5. The summed E-state index contributed by atoms with van der Waals surface area (Å²) < 4.78 is 13.3. The standard InChI is InChI=1S/C28H28ClN5O3/c1-2-36-28(27(35)32-17-19-8-10-21(11-9-19)26(30)31)34-15-14-24(33-34)23-16-22(29)12-13-25(23)37-18-20-6-4-3-5-7-20/h3-16,28H,2,17-18H2,1H3,(H3,30,31)(H,32,35). The van der Waals surface area contributed by atoms with E-state index in [1.54, 1.807) is 36.5 Å². The molecule has 0 aliphatic heterocycles. The van der Waals surface area contributed by atoms with Gasteiger partial charge in [0.15, 0.2) is 0 Å². The van der Waals surface area contributed by atoms with E-state index >= 15 is 0 Å². The van der Waals surface area contributed by atoms with E-state index < -0.39 is 6.23 Å². The van der Waals surface area contributed by atoms with E-state index in [0.717, 1.165) is 11.1 Å². The molecule has 0 saturated carbocycles. The topological polar surface area (TPSA) is 115 Å². The number of amides is 1. The van der Waals surface area contributed by atoms with Gasteiger partial charge in [-0.1, -0.05) is 66.2 Å². The van der Waals surface area contributed by atoms with Crippen LogP contribution in [0.4, 0.5) is 0 Å². The molecule has 0 radical (unpaired) electrons. The Bertz CT molecular complexity index is 1360. The maximum atomic E-state index is 13.0. The van der Waals surface area contributed by atoms with Gasteiger partial charge in [-0.3, -0.25) is 10.2 Å². The Morgan fingerprint density at radius 2 is 1.84 bits per heavy atom. The Morgan fingerprint density at radius 1 is 1.08 bits per heavy atom. The number of carbonyl (C=O) groups excluding carboxylic acids is 1. The summed E-state index contributed by atoms with van der Waals surface area (Å²) in [4.78, 5) is 13.0. The molecule has 0 aliphatic rings. The van der Waals surface area contributed by atoms with Crippen LogP contribution in [-0.2, 0) is 22.7 Å². The number of rotatable bonds is 11. The molecule has 1 heterocycles. The van der Waals surface area contributed by atoms with E-state index in [2.05, 4.69) is 10.4 Å². The van der Waals surface area contributed by atoms with Crippen LogP contribution in [0.3, 0.4) is 0 Å². The van der Waals surface area contributed by atoms with Crippen LogP contribution in [0, 0.1) is 5.41 Å². The fourth-order valence-electron chi connectivity index (χ4n) is 3.68. The summed E-state index contributed by atoms with van der Waals surface area (Å²) in [6.45, 7) is 2.83. The smallest absolute Gasteiger partial charge is 0.272 e. The van der Waals surface area contributed by atoms with Gasteiger partial charge >= 0.3 is 0 Å². The summed E-state index contributed by atoms with van der Waals surface area (Å²) in [5, 5.41) is 15.5. The van der Waals surface area contributed by atoms with Gasteiger partial charge in [0, 0.05) is 35.5 Å². The monoisotopic (exact) mass is 517 g/mol. The lowest BCUT2D eigenvalue weighted by atomic mass is 10.1. The molecular weight excluding hydrogens is 490 g/mol. The summed E-state index contributed by atoms with van der Waals surface area (Å²) in [5.74, 6) is 0.290. The van der Waals surface area contributed by atoms with Gasteiger partial charge in [-0.2, -0.15) is 5.10 Å². The van der Waals surface area contributed by atoms with Crippen LogP contribution in [0.15, 0.2) is 85.1 Å². The average Bonchev–Trinajstić information content (AvgIpc) is 3.40. The Labute approximate surface area is 220 Å². The second-order valence-electron chi connectivity index (χ2n) is 8.23. The molecule has 1 amide bonds. The lowest BCUT2D eigenvalue weighted by molar-refractivity contribution is -0.139. The van der Waals surface area contributed by atoms with Crippen molar-refractivity contribution in [2.45, 2.75) is 26.3 Å². The number of hydrogen-bond acceptors (Lipinski definition) is 5. The lowest BCUT2D eigenvalue weighted by Crippen LogP contribution is -2.34. The molecule has 0 saturated heterocycles. The number of amidine groups is 1.